The van der Waals surface area contributed by atoms with Crippen LogP contribution >= 0.6 is 0 Å². The largest absolute Gasteiger partial charge is 0.481 e. The summed E-state index contributed by atoms with van der Waals surface area (Å²) < 4.78 is 11.3. The summed E-state index contributed by atoms with van der Waals surface area (Å²) in [6.45, 7) is 5.45. The molecule has 0 aliphatic rings. The third-order valence-corrected chi connectivity index (χ3v) is 3.62. The molecule has 0 aromatic heterocycles. The molecule has 0 aliphatic carbocycles. The van der Waals surface area contributed by atoms with Crippen molar-refractivity contribution in [3.05, 3.63) is 65.7 Å². The fourth-order valence-corrected chi connectivity index (χ4v) is 2.23. The van der Waals surface area contributed by atoms with E-state index in [1.165, 1.54) is 0 Å². The first kappa shape index (κ1) is 18.0. The number of benzene rings is 2. The van der Waals surface area contributed by atoms with Crippen molar-refractivity contribution in [1.82, 2.24) is 5.32 Å². The second-order valence-corrected chi connectivity index (χ2v) is 5.66. The van der Waals surface area contributed by atoms with Crippen molar-refractivity contribution in [1.29, 1.82) is 0 Å². The summed E-state index contributed by atoms with van der Waals surface area (Å²) in [5.74, 6) is 0.601. The Morgan fingerprint density at radius 2 is 1.79 bits per heavy atom. The molecule has 2 aromatic carbocycles. The SMILES string of the molecule is CCC(Oc1ccc(C)cc1)C(=O)NCCOCc1ccccc1. The zero-order valence-corrected chi connectivity index (χ0v) is 14.3. The smallest absolute Gasteiger partial charge is 0.261 e. The molecule has 1 amide bonds. The molecule has 1 N–H and O–H groups in total. The minimum atomic E-state index is -0.484. The van der Waals surface area contributed by atoms with Gasteiger partial charge in [-0.15, -0.1) is 0 Å². The van der Waals surface area contributed by atoms with E-state index in [1.807, 2.05) is 68.4 Å². The number of amides is 1. The average Bonchev–Trinajstić information content (AvgIpc) is 2.61. The first-order valence-corrected chi connectivity index (χ1v) is 8.31. The first-order chi connectivity index (χ1) is 11.7. The van der Waals surface area contributed by atoms with Crippen LogP contribution < -0.4 is 10.1 Å². The highest BCUT2D eigenvalue weighted by Gasteiger charge is 2.17. The Morgan fingerprint density at radius 3 is 2.46 bits per heavy atom. The van der Waals surface area contributed by atoms with Crippen molar-refractivity contribution in [3.8, 4) is 5.75 Å². The van der Waals surface area contributed by atoms with Crippen LogP contribution in [0.3, 0.4) is 0 Å². The number of ether oxygens (including phenoxy) is 2. The van der Waals surface area contributed by atoms with Crippen LogP contribution in [0.2, 0.25) is 0 Å². The molecule has 2 rings (SSSR count). The maximum atomic E-state index is 12.2. The highest BCUT2D eigenvalue weighted by Crippen LogP contribution is 2.14. The van der Waals surface area contributed by atoms with Gasteiger partial charge in [0, 0.05) is 6.54 Å². The Hall–Kier alpha value is -2.33. The summed E-state index contributed by atoms with van der Waals surface area (Å²) in [4.78, 5) is 12.2. The van der Waals surface area contributed by atoms with Crippen LogP contribution in [-0.4, -0.2) is 25.2 Å². The van der Waals surface area contributed by atoms with E-state index >= 15 is 0 Å². The average molecular weight is 327 g/mol. The van der Waals surface area contributed by atoms with Crippen molar-refractivity contribution in [2.45, 2.75) is 33.0 Å². The molecule has 0 bridgehead atoms. The van der Waals surface area contributed by atoms with Crippen LogP contribution in [0, 0.1) is 6.92 Å². The van der Waals surface area contributed by atoms with Gasteiger partial charge < -0.3 is 14.8 Å². The molecule has 1 unspecified atom stereocenters. The van der Waals surface area contributed by atoms with Crippen LogP contribution in [0.15, 0.2) is 54.6 Å². The molecule has 4 heteroatoms. The first-order valence-electron chi connectivity index (χ1n) is 8.31. The van der Waals surface area contributed by atoms with Gasteiger partial charge >= 0.3 is 0 Å². The number of carbonyl (C=O) groups is 1. The lowest BCUT2D eigenvalue weighted by atomic mass is 10.2. The molecule has 0 aliphatic heterocycles. The number of aryl methyl sites for hydroxylation is 1. The van der Waals surface area contributed by atoms with Crippen LogP contribution in [0.5, 0.6) is 5.75 Å². The lowest BCUT2D eigenvalue weighted by Gasteiger charge is -2.17. The minimum Gasteiger partial charge on any atom is -0.481 e. The maximum absolute atomic E-state index is 12.2. The van der Waals surface area contributed by atoms with E-state index in [0.717, 1.165) is 11.1 Å². The molecule has 0 fully saturated rings. The van der Waals surface area contributed by atoms with Gasteiger partial charge in [0.25, 0.3) is 5.91 Å². The standard InChI is InChI=1S/C20H25NO3/c1-3-19(24-18-11-9-16(2)10-12-18)20(22)21-13-14-23-15-17-7-5-4-6-8-17/h4-12,19H,3,13-15H2,1-2H3,(H,21,22). The van der Waals surface area contributed by atoms with E-state index in [4.69, 9.17) is 9.47 Å². The Balaban J connectivity index is 1.68. The van der Waals surface area contributed by atoms with Crippen LogP contribution in [-0.2, 0) is 16.1 Å². The topological polar surface area (TPSA) is 47.6 Å². The lowest BCUT2D eigenvalue weighted by molar-refractivity contribution is -0.128. The molecule has 0 heterocycles. The van der Waals surface area contributed by atoms with E-state index < -0.39 is 6.10 Å². The molecular formula is C20H25NO3. The van der Waals surface area contributed by atoms with Gasteiger partial charge in [-0.05, 0) is 31.0 Å². The summed E-state index contributed by atoms with van der Waals surface area (Å²) in [6.07, 6.45) is 0.131. The fraction of sp³-hybridized carbons (Fsp3) is 0.350. The molecule has 0 saturated carbocycles. The predicted molar refractivity (Wildman–Crippen MR) is 95.0 cm³/mol. The van der Waals surface area contributed by atoms with Crippen molar-refractivity contribution < 1.29 is 14.3 Å². The van der Waals surface area contributed by atoms with Gasteiger partial charge in [-0.1, -0.05) is 55.0 Å². The summed E-state index contributed by atoms with van der Waals surface area (Å²) in [5.41, 5.74) is 2.29. The molecule has 2 aromatic rings. The van der Waals surface area contributed by atoms with E-state index in [-0.39, 0.29) is 5.91 Å². The zero-order chi connectivity index (χ0) is 17.2. The quantitative estimate of drug-likeness (QED) is 0.717. The normalized spacial score (nSPS) is 11.8. The lowest BCUT2D eigenvalue weighted by Crippen LogP contribution is -2.39. The summed E-state index contributed by atoms with van der Waals surface area (Å²) in [7, 11) is 0. The van der Waals surface area contributed by atoms with E-state index in [1.54, 1.807) is 0 Å². The third kappa shape index (κ3) is 6.05. The molecule has 24 heavy (non-hydrogen) atoms. The summed E-state index contributed by atoms with van der Waals surface area (Å²) in [5, 5.41) is 2.86. The van der Waals surface area contributed by atoms with Crippen LogP contribution in [0.25, 0.3) is 0 Å². The van der Waals surface area contributed by atoms with Gasteiger partial charge in [-0.25, -0.2) is 0 Å². The van der Waals surface area contributed by atoms with Gasteiger partial charge in [-0.3, -0.25) is 4.79 Å². The maximum Gasteiger partial charge on any atom is 0.261 e. The van der Waals surface area contributed by atoms with E-state index in [0.29, 0.717) is 31.9 Å². The highest BCUT2D eigenvalue weighted by atomic mass is 16.5. The van der Waals surface area contributed by atoms with Crippen molar-refractivity contribution in [2.24, 2.45) is 0 Å². The number of carbonyl (C=O) groups excluding carboxylic acids is 1. The number of hydrogen-bond acceptors (Lipinski definition) is 3. The Bertz CT molecular complexity index is 611. The summed E-state index contributed by atoms with van der Waals surface area (Å²) >= 11 is 0. The minimum absolute atomic E-state index is 0.110. The van der Waals surface area contributed by atoms with Gasteiger partial charge in [0.15, 0.2) is 6.10 Å². The van der Waals surface area contributed by atoms with E-state index in [9.17, 15) is 4.79 Å². The molecule has 4 nitrogen and oxygen atoms in total. The molecule has 0 radical (unpaired) electrons. The number of hydrogen-bond donors (Lipinski definition) is 1. The third-order valence-electron chi connectivity index (χ3n) is 3.62. The molecule has 0 saturated heterocycles. The van der Waals surface area contributed by atoms with Crippen molar-refractivity contribution >= 4 is 5.91 Å². The zero-order valence-electron chi connectivity index (χ0n) is 14.3. The number of rotatable bonds is 9. The molecular weight excluding hydrogens is 302 g/mol. The van der Waals surface area contributed by atoms with Crippen LogP contribution in [0.1, 0.15) is 24.5 Å². The Morgan fingerprint density at radius 1 is 1.08 bits per heavy atom. The molecule has 0 spiro atoms. The second kappa shape index (κ2) is 9.73. The molecule has 1 atom stereocenters. The fourth-order valence-electron chi connectivity index (χ4n) is 2.23. The second-order valence-electron chi connectivity index (χ2n) is 5.66. The van der Waals surface area contributed by atoms with Gasteiger partial charge in [-0.2, -0.15) is 0 Å². The Labute approximate surface area is 143 Å². The van der Waals surface area contributed by atoms with Gasteiger partial charge in [0.05, 0.1) is 13.2 Å². The van der Waals surface area contributed by atoms with Gasteiger partial charge in [0.2, 0.25) is 0 Å². The summed E-state index contributed by atoms with van der Waals surface area (Å²) in [6, 6.07) is 17.7. The molecule has 128 valence electrons. The van der Waals surface area contributed by atoms with Crippen LogP contribution in [0.4, 0.5) is 0 Å². The van der Waals surface area contributed by atoms with Crippen molar-refractivity contribution in [2.75, 3.05) is 13.2 Å². The van der Waals surface area contributed by atoms with Gasteiger partial charge in [0.1, 0.15) is 5.75 Å². The number of nitrogens with one attached hydrogen (secondary N) is 1. The Kier molecular flexibility index (Phi) is 7.30. The monoisotopic (exact) mass is 327 g/mol. The predicted octanol–water partition coefficient (Wildman–Crippen LogP) is 3.49. The van der Waals surface area contributed by atoms with Crippen molar-refractivity contribution in [3.63, 3.8) is 0 Å². The van der Waals surface area contributed by atoms with E-state index in [2.05, 4.69) is 5.32 Å². The highest BCUT2D eigenvalue weighted by molar-refractivity contribution is 5.81.